The second kappa shape index (κ2) is 5.08. The van der Waals surface area contributed by atoms with Crippen LogP contribution in [-0.2, 0) is 19.1 Å². The van der Waals surface area contributed by atoms with E-state index < -0.39 is 11.9 Å². The van der Waals surface area contributed by atoms with Gasteiger partial charge in [0.2, 0.25) is 0 Å². The number of alkyl halides is 3. The zero-order chi connectivity index (χ0) is 15.9. The second-order valence-corrected chi connectivity index (χ2v) is 5.01. The summed E-state index contributed by atoms with van der Waals surface area (Å²) < 4.78 is 38.1. The molecule has 3 rings (SSSR count). The van der Waals surface area contributed by atoms with Gasteiger partial charge < -0.3 is 9.88 Å². The number of hydrogen-bond donors (Lipinski definition) is 1. The van der Waals surface area contributed by atoms with Crippen LogP contribution in [0.2, 0.25) is 0 Å². The minimum atomic E-state index is -4.53. The van der Waals surface area contributed by atoms with Gasteiger partial charge in [0.1, 0.15) is 23.7 Å². The molecule has 0 radical (unpaired) electrons. The Morgan fingerprint density at radius 3 is 2.82 bits per heavy atom. The molecule has 0 saturated carbocycles. The lowest BCUT2D eigenvalue weighted by molar-refractivity contribution is -0.141. The maximum absolute atomic E-state index is 12.7. The molecule has 2 aromatic heterocycles. The van der Waals surface area contributed by atoms with Gasteiger partial charge in [0.05, 0.1) is 17.8 Å². The number of nitrogens with zero attached hydrogens (tertiary/aromatic N) is 4. The molecule has 0 amide bonds. The fraction of sp³-hybridized carbons (Fsp3) is 0.385. The highest BCUT2D eigenvalue weighted by molar-refractivity contribution is 5.43. The smallest absolute Gasteiger partial charge is 0.352 e. The van der Waals surface area contributed by atoms with Crippen LogP contribution >= 0.6 is 0 Å². The molecule has 0 unspecified atom stereocenters. The number of hydrogen-bond acceptors (Lipinski definition) is 5. The number of anilines is 1. The molecule has 0 aromatic carbocycles. The number of nitrogens with one attached hydrogen (secondary N) is 1. The Bertz CT molecular complexity index is 771. The normalized spacial score (nSPS) is 14.8. The highest BCUT2D eigenvalue weighted by atomic mass is 19.4. The second-order valence-electron chi connectivity index (χ2n) is 5.01. The molecule has 0 atom stereocenters. The average Bonchev–Trinajstić information content (AvgIpc) is 2.46. The van der Waals surface area contributed by atoms with E-state index in [2.05, 4.69) is 19.9 Å². The monoisotopic (exact) mass is 311 g/mol. The number of aromatic amines is 1. The van der Waals surface area contributed by atoms with E-state index >= 15 is 0 Å². The lowest BCUT2D eigenvalue weighted by atomic mass is 10.1. The summed E-state index contributed by atoms with van der Waals surface area (Å²) in [6.07, 6.45) is -3.17. The molecule has 0 fully saturated rings. The predicted molar refractivity (Wildman–Crippen MR) is 71.4 cm³/mol. The molecule has 9 heteroatoms. The highest BCUT2D eigenvalue weighted by Gasteiger charge is 2.33. The zero-order valence-corrected chi connectivity index (χ0v) is 11.6. The van der Waals surface area contributed by atoms with Gasteiger partial charge in [-0.3, -0.25) is 4.79 Å². The molecule has 1 aliphatic rings. The van der Waals surface area contributed by atoms with E-state index in [1.54, 1.807) is 11.8 Å². The minimum absolute atomic E-state index is 0.146. The molecule has 0 spiro atoms. The fourth-order valence-corrected chi connectivity index (χ4v) is 2.42. The Balaban J connectivity index is 1.94. The van der Waals surface area contributed by atoms with Crippen molar-refractivity contribution in [2.45, 2.75) is 26.1 Å². The Morgan fingerprint density at radius 2 is 2.09 bits per heavy atom. The van der Waals surface area contributed by atoms with E-state index in [1.807, 2.05) is 0 Å². The summed E-state index contributed by atoms with van der Waals surface area (Å²) in [4.78, 5) is 27.5. The van der Waals surface area contributed by atoms with Crippen LogP contribution in [0.5, 0.6) is 0 Å². The van der Waals surface area contributed by atoms with Crippen LogP contribution in [0.15, 0.2) is 17.2 Å². The molecule has 0 saturated heterocycles. The molecular formula is C13H12F3N5O. The molecule has 1 N–H and O–H groups in total. The molecule has 1 aliphatic heterocycles. The van der Waals surface area contributed by atoms with E-state index in [4.69, 9.17) is 0 Å². The van der Waals surface area contributed by atoms with Crippen LogP contribution in [0.3, 0.4) is 0 Å². The topological polar surface area (TPSA) is 74.8 Å². The van der Waals surface area contributed by atoms with Crippen molar-refractivity contribution in [2.75, 3.05) is 11.4 Å². The Hall–Kier alpha value is -2.45. The first-order valence-electron chi connectivity index (χ1n) is 6.57. The van der Waals surface area contributed by atoms with Gasteiger partial charge in [-0.2, -0.15) is 13.2 Å². The van der Waals surface area contributed by atoms with Crippen LogP contribution in [-0.4, -0.2) is 26.5 Å². The average molecular weight is 311 g/mol. The van der Waals surface area contributed by atoms with E-state index in [1.165, 1.54) is 0 Å². The predicted octanol–water partition coefficient (Wildman–Crippen LogP) is 1.45. The standard InChI is InChI=1S/C13H12F3N5O/c1-7-19-9-2-3-21(5-8(9)12(22)20-7)11-4-10(13(14,15)16)17-6-18-11/h4,6H,2-3,5H2,1H3,(H,19,20,22). The number of H-pyrrole nitrogens is 1. The van der Waals surface area contributed by atoms with Gasteiger partial charge in [-0.05, 0) is 6.92 Å². The third-order valence-electron chi connectivity index (χ3n) is 3.45. The maximum Gasteiger partial charge on any atom is 0.433 e. The molecule has 116 valence electrons. The third-order valence-corrected chi connectivity index (χ3v) is 3.45. The van der Waals surface area contributed by atoms with Crippen molar-refractivity contribution in [3.8, 4) is 0 Å². The summed E-state index contributed by atoms with van der Waals surface area (Å²) in [5.41, 5.74) is -0.122. The van der Waals surface area contributed by atoms with Gasteiger partial charge in [-0.15, -0.1) is 0 Å². The third kappa shape index (κ3) is 2.66. The van der Waals surface area contributed by atoms with E-state index in [9.17, 15) is 18.0 Å². The maximum atomic E-state index is 12.7. The van der Waals surface area contributed by atoms with Crippen LogP contribution in [0.4, 0.5) is 19.0 Å². The van der Waals surface area contributed by atoms with Crippen LogP contribution in [0.1, 0.15) is 22.8 Å². The van der Waals surface area contributed by atoms with Crippen LogP contribution in [0, 0.1) is 6.92 Å². The molecule has 2 aromatic rings. The SMILES string of the molecule is Cc1nc2c(c(=O)[nH]1)CN(c1cc(C(F)(F)F)ncn1)CC2. The van der Waals surface area contributed by atoms with E-state index in [-0.39, 0.29) is 17.9 Å². The van der Waals surface area contributed by atoms with Crippen molar-refractivity contribution in [1.82, 2.24) is 19.9 Å². The number of aryl methyl sites for hydroxylation is 1. The number of aromatic nitrogens is 4. The van der Waals surface area contributed by atoms with E-state index in [0.717, 1.165) is 12.4 Å². The highest BCUT2D eigenvalue weighted by Crippen LogP contribution is 2.29. The molecule has 0 bridgehead atoms. The first kappa shape index (κ1) is 14.5. The first-order chi connectivity index (χ1) is 10.3. The van der Waals surface area contributed by atoms with Gasteiger partial charge in [-0.1, -0.05) is 0 Å². The van der Waals surface area contributed by atoms with Gasteiger partial charge in [0, 0.05) is 19.0 Å². The van der Waals surface area contributed by atoms with Gasteiger partial charge in [0.25, 0.3) is 5.56 Å². The molecule has 22 heavy (non-hydrogen) atoms. The molecule has 0 aliphatic carbocycles. The molecule has 6 nitrogen and oxygen atoms in total. The van der Waals surface area contributed by atoms with Gasteiger partial charge in [-0.25, -0.2) is 15.0 Å². The number of fused-ring (bicyclic) bond motifs is 1. The summed E-state index contributed by atoms with van der Waals surface area (Å²) in [7, 11) is 0. The Kier molecular flexibility index (Phi) is 3.34. The lowest BCUT2D eigenvalue weighted by Gasteiger charge is -2.28. The molecular weight excluding hydrogens is 299 g/mol. The fourth-order valence-electron chi connectivity index (χ4n) is 2.42. The number of rotatable bonds is 1. The number of halogens is 3. The first-order valence-corrected chi connectivity index (χ1v) is 6.57. The van der Waals surface area contributed by atoms with Crippen molar-refractivity contribution >= 4 is 5.82 Å². The summed E-state index contributed by atoms with van der Waals surface area (Å²) in [6.45, 7) is 2.30. The minimum Gasteiger partial charge on any atom is -0.352 e. The summed E-state index contributed by atoms with van der Waals surface area (Å²) in [5, 5.41) is 0. The van der Waals surface area contributed by atoms with Gasteiger partial charge >= 0.3 is 6.18 Å². The Morgan fingerprint density at radius 1 is 1.32 bits per heavy atom. The van der Waals surface area contributed by atoms with Crippen molar-refractivity contribution < 1.29 is 13.2 Å². The van der Waals surface area contributed by atoms with Crippen LogP contribution < -0.4 is 10.5 Å². The summed E-state index contributed by atoms with van der Waals surface area (Å²) >= 11 is 0. The van der Waals surface area contributed by atoms with Crippen molar-refractivity contribution in [3.63, 3.8) is 0 Å². The van der Waals surface area contributed by atoms with E-state index in [0.29, 0.717) is 30.0 Å². The van der Waals surface area contributed by atoms with Gasteiger partial charge in [0.15, 0.2) is 0 Å². The van der Waals surface area contributed by atoms with Crippen LogP contribution in [0.25, 0.3) is 0 Å². The summed E-state index contributed by atoms with van der Waals surface area (Å²) in [5.74, 6) is 0.673. The van der Waals surface area contributed by atoms with Crippen molar-refractivity contribution in [3.05, 3.63) is 45.5 Å². The van der Waals surface area contributed by atoms with Crippen molar-refractivity contribution in [1.29, 1.82) is 0 Å². The quantitative estimate of drug-likeness (QED) is 0.863. The zero-order valence-electron chi connectivity index (χ0n) is 11.6. The lowest BCUT2D eigenvalue weighted by Crippen LogP contribution is -2.36. The molecule has 3 heterocycles. The Labute approximate surface area is 123 Å². The summed E-state index contributed by atoms with van der Waals surface area (Å²) in [6, 6.07) is 0.890. The largest absolute Gasteiger partial charge is 0.433 e. The van der Waals surface area contributed by atoms with Crippen molar-refractivity contribution in [2.24, 2.45) is 0 Å².